The van der Waals surface area contributed by atoms with E-state index in [1.165, 1.54) is 127 Å². The highest BCUT2D eigenvalue weighted by molar-refractivity contribution is 5.29. The molecule has 0 bridgehead atoms. The predicted octanol–water partition coefficient (Wildman–Crippen LogP) is 12.7. The van der Waals surface area contributed by atoms with Crippen LogP contribution in [0.2, 0.25) is 0 Å². The minimum atomic E-state index is -0.0920. The molecule has 260 valence electrons. The fraction of sp³-hybridized carbons (Fsp3) is 0.727. The zero-order valence-corrected chi connectivity index (χ0v) is 29.8. The third-order valence-corrected chi connectivity index (χ3v) is 13.9. The highest BCUT2D eigenvalue weighted by atomic mass is 19.1. The van der Waals surface area contributed by atoms with E-state index >= 15 is 8.78 Å². The number of benzene rings is 2. The summed E-state index contributed by atoms with van der Waals surface area (Å²) in [5.41, 5.74) is 3.83. The van der Waals surface area contributed by atoms with E-state index in [0.29, 0.717) is 37.9 Å². The molecule has 0 radical (unpaired) electrons. The number of halogens is 2. The Morgan fingerprint density at radius 2 is 0.830 bits per heavy atom. The molecule has 3 heteroatoms. The maximum Gasteiger partial charge on any atom is 0.126 e. The maximum absolute atomic E-state index is 15.1. The van der Waals surface area contributed by atoms with Crippen molar-refractivity contribution in [2.24, 2.45) is 35.5 Å². The molecule has 2 aromatic carbocycles. The minimum Gasteiger partial charge on any atom is -0.381 e. The number of ether oxygens (including phenoxy) is 1. The molecule has 0 saturated heterocycles. The lowest BCUT2D eigenvalue weighted by molar-refractivity contribution is 0.139. The van der Waals surface area contributed by atoms with E-state index in [4.69, 9.17) is 4.74 Å². The normalized spacial score (nSPS) is 31.9. The van der Waals surface area contributed by atoms with Crippen LogP contribution in [0.15, 0.2) is 36.4 Å². The summed E-state index contributed by atoms with van der Waals surface area (Å²) in [6.45, 7) is 5.62. The summed E-state index contributed by atoms with van der Waals surface area (Å²) in [5, 5.41) is 0. The van der Waals surface area contributed by atoms with Gasteiger partial charge in [-0.1, -0.05) is 76.6 Å². The topological polar surface area (TPSA) is 9.23 Å². The molecule has 0 heterocycles. The molecule has 0 atom stereocenters. The second-order valence-electron chi connectivity index (χ2n) is 16.4. The first-order valence-electron chi connectivity index (χ1n) is 20.1. The van der Waals surface area contributed by atoms with Gasteiger partial charge in [-0.3, -0.25) is 0 Å². The molecule has 2 aromatic rings. The predicted molar refractivity (Wildman–Crippen MR) is 192 cm³/mol. The van der Waals surface area contributed by atoms with Crippen LogP contribution in [0.25, 0.3) is 0 Å². The molecule has 0 aromatic heterocycles. The van der Waals surface area contributed by atoms with Crippen LogP contribution in [0.3, 0.4) is 0 Å². The third kappa shape index (κ3) is 9.29. The Bertz CT molecular complexity index is 1130. The van der Waals surface area contributed by atoms with Crippen LogP contribution in [0.5, 0.6) is 0 Å². The van der Waals surface area contributed by atoms with Gasteiger partial charge in [-0.05, 0) is 172 Å². The van der Waals surface area contributed by atoms with Crippen LogP contribution >= 0.6 is 0 Å². The first kappa shape index (κ1) is 35.1. The van der Waals surface area contributed by atoms with Gasteiger partial charge < -0.3 is 4.74 Å². The Morgan fingerprint density at radius 1 is 0.489 bits per heavy atom. The Kier molecular flexibility index (Phi) is 12.9. The van der Waals surface area contributed by atoms with Crippen molar-refractivity contribution >= 4 is 0 Å². The van der Waals surface area contributed by atoms with Crippen molar-refractivity contribution in [3.05, 3.63) is 70.3 Å². The van der Waals surface area contributed by atoms with E-state index in [9.17, 15) is 0 Å². The average Bonchev–Trinajstić information content (AvgIpc) is 3.13. The summed E-state index contributed by atoms with van der Waals surface area (Å²) in [6, 6.07) is 11.9. The second kappa shape index (κ2) is 17.3. The molecular formula is C44H64F2O. The van der Waals surface area contributed by atoms with Crippen molar-refractivity contribution in [2.75, 3.05) is 13.2 Å². The minimum absolute atomic E-state index is 0.0920. The van der Waals surface area contributed by atoms with Gasteiger partial charge in [-0.15, -0.1) is 0 Å². The summed E-state index contributed by atoms with van der Waals surface area (Å²) >= 11 is 0. The largest absolute Gasteiger partial charge is 0.381 e. The van der Waals surface area contributed by atoms with Crippen molar-refractivity contribution in [2.45, 2.75) is 154 Å². The smallest absolute Gasteiger partial charge is 0.126 e. The zero-order chi connectivity index (χ0) is 32.6. The fourth-order valence-electron chi connectivity index (χ4n) is 10.5. The summed E-state index contributed by atoms with van der Waals surface area (Å²) in [6.07, 6.45) is 25.4. The highest BCUT2D eigenvalue weighted by Gasteiger charge is 2.32. The van der Waals surface area contributed by atoms with Crippen LogP contribution in [0.4, 0.5) is 8.78 Å². The van der Waals surface area contributed by atoms with Crippen LogP contribution < -0.4 is 0 Å². The van der Waals surface area contributed by atoms with E-state index < -0.39 is 0 Å². The van der Waals surface area contributed by atoms with Crippen LogP contribution in [-0.2, 0) is 17.6 Å². The van der Waals surface area contributed by atoms with Gasteiger partial charge in [0.2, 0.25) is 0 Å². The monoisotopic (exact) mass is 646 g/mol. The lowest BCUT2D eigenvalue weighted by Gasteiger charge is -2.38. The van der Waals surface area contributed by atoms with Gasteiger partial charge in [0.15, 0.2) is 0 Å². The molecule has 0 N–H and O–H groups in total. The highest BCUT2D eigenvalue weighted by Crippen LogP contribution is 2.46. The molecule has 0 unspecified atom stereocenters. The first-order valence-corrected chi connectivity index (χ1v) is 20.1. The average molecular weight is 647 g/mol. The lowest BCUT2D eigenvalue weighted by Crippen LogP contribution is -2.25. The molecule has 4 aliphatic carbocycles. The molecule has 4 aliphatic rings. The van der Waals surface area contributed by atoms with Crippen molar-refractivity contribution in [3.63, 3.8) is 0 Å². The van der Waals surface area contributed by atoms with Crippen molar-refractivity contribution in [3.8, 4) is 0 Å². The molecule has 6 rings (SSSR count). The summed E-state index contributed by atoms with van der Waals surface area (Å²) < 4.78 is 36.1. The molecule has 0 amide bonds. The Hall–Kier alpha value is -1.74. The van der Waals surface area contributed by atoms with Gasteiger partial charge in [0.1, 0.15) is 11.6 Å². The van der Waals surface area contributed by atoms with Gasteiger partial charge in [0, 0.05) is 0 Å². The Labute approximate surface area is 286 Å². The quantitative estimate of drug-likeness (QED) is 0.209. The van der Waals surface area contributed by atoms with Crippen molar-refractivity contribution < 1.29 is 13.5 Å². The lowest BCUT2D eigenvalue weighted by atomic mass is 9.68. The number of rotatable bonds is 12. The SMILES string of the molecule is CCC1CCC(C2CCC(c3ccc(CCOCCc4ccc(C5CCC(C6CCC(CC)CC6)CC5)cc4F)c(F)c3)CC2)CC1. The summed E-state index contributed by atoms with van der Waals surface area (Å²) in [5.74, 6) is 6.41. The van der Waals surface area contributed by atoms with Gasteiger partial charge in [-0.2, -0.15) is 0 Å². The van der Waals surface area contributed by atoms with E-state index in [1.54, 1.807) is 12.1 Å². The van der Waals surface area contributed by atoms with Gasteiger partial charge in [-0.25, -0.2) is 8.78 Å². The standard InChI is InChI=1S/C44H64F2O/c1-3-31-5-9-33(10-6-31)35-13-17-37(18-14-35)41-23-21-39(43(45)29-41)25-27-47-28-26-40-22-24-42(30-44(40)46)38-19-15-36(16-20-38)34-11-7-32(4-2)8-12-34/h21-24,29-38H,3-20,25-28H2,1-2H3. The first-order chi connectivity index (χ1) is 23.0. The van der Waals surface area contributed by atoms with Crippen LogP contribution in [0, 0.1) is 47.1 Å². The van der Waals surface area contributed by atoms with Gasteiger partial charge in [0.25, 0.3) is 0 Å². The van der Waals surface area contributed by atoms with E-state index in [-0.39, 0.29) is 11.6 Å². The van der Waals surface area contributed by atoms with E-state index in [0.717, 1.165) is 46.6 Å². The summed E-state index contributed by atoms with van der Waals surface area (Å²) in [4.78, 5) is 0. The van der Waals surface area contributed by atoms with Crippen LogP contribution in [0.1, 0.15) is 164 Å². The number of hydrogen-bond acceptors (Lipinski definition) is 1. The van der Waals surface area contributed by atoms with E-state index in [1.807, 2.05) is 12.1 Å². The van der Waals surface area contributed by atoms with E-state index in [2.05, 4.69) is 26.0 Å². The molecule has 1 nitrogen and oxygen atoms in total. The second-order valence-corrected chi connectivity index (χ2v) is 16.4. The molecular weight excluding hydrogens is 582 g/mol. The molecule has 0 spiro atoms. The molecule has 0 aliphatic heterocycles. The number of hydrogen-bond donors (Lipinski definition) is 0. The van der Waals surface area contributed by atoms with Crippen molar-refractivity contribution in [1.29, 1.82) is 0 Å². The molecule has 47 heavy (non-hydrogen) atoms. The molecule has 4 saturated carbocycles. The van der Waals surface area contributed by atoms with Crippen molar-refractivity contribution in [1.82, 2.24) is 0 Å². The zero-order valence-electron chi connectivity index (χ0n) is 29.8. The maximum atomic E-state index is 15.1. The Morgan fingerprint density at radius 3 is 1.15 bits per heavy atom. The third-order valence-electron chi connectivity index (χ3n) is 13.9. The van der Waals surface area contributed by atoms with Gasteiger partial charge >= 0.3 is 0 Å². The summed E-state index contributed by atoms with van der Waals surface area (Å²) in [7, 11) is 0. The fourth-order valence-corrected chi connectivity index (χ4v) is 10.5. The molecule has 4 fully saturated rings. The van der Waals surface area contributed by atoms with Gasteiger partial charge in [0.05, 0.1) is 13.2 Å². The Balaban J connectivity index is 0.880. The van der Waals surface area contributed by atoms with Crippen LogP contribution in [-0.4, -0.2) is 13.2 Å².